The van der Waals surface area contributed by atoms with Crippen LogP contribution in [0.2, 0.25) is 0 Å². The summed E-state index contributed by atoms with van der Waals surface area (Å²) >= 11 is 0. The van der Waals surface area contributed by atoms with E-state index in [4.69, 9.17) is 0 Å². The molecule has 2 aliphatic heterocycles. The van der Waals surface area contributed by atoms with Crippen LogP contribution in [0.3, 0.4) is 0 Å². The van der Waals surface area contributed by atoms with Gasteiger partial charge in [-0.15, -0.1) is 0 Å². The second kappa shape index (κ2) is 5.99. The fraction of sp³-hybridized carbons (Fsp3) is 1.00. The van der Waals surface area contributed by atoms with Gasteiger partial charge in [-0.3, -0.25) is 4.90 Å². The third-order valence-corrected chi connectivity index (χ3v) is 4.30. The van der Waals surface area contributed by atoms with Crippen molar-refractivity contribution in [3.63, 3.8) is 0 Å². The van der Waals surface area contributed by atoms with Gasteiger partial charge in [0, 0.05) is 6.04 Å². The van der Waals surface area contributed by atoms with Crippen molar-refractivity contribution in [3.05, 3.63) is 0 Å². The van der Waals surface area contributed by atoms with Gasteiger partial charge in [-0.05, 0) is 64.3 Å². The van der Waals surface area contributed by atoms with Crippen LogP contribution in [-0.2, 0) is 0 Å². The van der Waals surface area contributed by atoms with E-state index in [1.807, 2.05) is 0 Å². The number of hydrogen-bond donors (Lipinski definition) is 1. The van der Waals surface area contributed by atoms with Crippen LogP contribution in [0.5, 0.6) is 0 Å². The molecule has 16 heavy (non-hydrogen) atoms. The van der Waals surface area contributed by atoms with Crippen molar-refractivity contribution in [3.8, 4) is 0 Å². The molecule has 0 spiro atoms. The lowest BCUT2D eigenvalue weighted by molar-refractivity contribution is 0.135. The molecule has 3 nitrogen and oxygen atoms in total. The Kier molecular flexibility index (Phi) is 4.62. The largest absolute Gasteiger partial charge is 0.395 e. The Hall–Kier alpha value is -0.120. The van der Waals surface area contributed by atoms with E-state index in [9.17, 15) is 5.11 Å². The molecular formula is C13H26N2O. The SMILES string of the molecule is CC1CCN(CCCN2CCCC2)C1CO. The quantitative estimate of drug-likeness (QED) is 0.762. The second-order valence-corrected chi connectivity index (χ2v) is 5.45. The molecule has 94 valence electrons. The molecule has 0 aromatic rings. The van der Waals surface area contributed by atoms with Gasteiger partial charge in [-0.2, -0.15) is 0 Å². The van der Waals surface area contributed by atoms with Crippen molar-refractivity contribution < 1.29 is 5.11 Å². The Morgan fingerprint density at radius 1 is 1.12 bits per heavy atom. The summed E-state index contributed by atoms with van der Waals surface area (Å²) in [6, 6.07) is 0.429. The molecule has 2 unspecified atom stereocenters. The van der Waals surface area contributed by atoms with Crippen molar-refractivity contribution in [2.24, 2.45) is 5.92 Å². The summed E-state index contributed by atoms with van der Waals surface area (Å²) in [5.74, 6) is 0.678. The zero-order chi connectivity index (χ0) is 11.4. The van der Waals surface area contributed by atoms with Crippen LogP contribution in [0, 0.1) is 5.92 Å². The van der Waals surface area contributed by atoms with Gasteiger partial charge in [-0.1, -0.05) is 6.92 Å². The highest BCUT2D eigenvalue weighted by Gasteiger charge is 2.29. The Labute approximate surface area is 99.4 Å². The first-order valence-corrected chi connectivity index (χ1v) is 6.88. The van der Waals surface area contributed by atoms with Crippen LogP contribution < -0.4 is 0 Å². The van der Waals surface area contributed by atoms with Crippen molar-refractivity contribution in [2.45, 2.75) is 38.6 Å². The van der Waals surface area contributed by atoms with Crippen molar-refractivity contribution in [2.75, 3.05) is 39.3 Å². The van der Waals surface area contributed by atoms with Crippen LogP contribution >= 0.6 is 0 Å². The molecule has 0 aromatic heterocycles. The highest BCUT2D eigenvalue weighted by Crippen LogP contribution is 2.23. The van der Waals surface area contributed by atoms with E-state index < -0.39 is 0 Å². The number of likely N-dealkylation sites (tertiary alicyclic amines) is 2. The number of nitrogens with zero attached hydrogens (tertiary/aromatic N) is 2. The Bertz CT molecular complexity index is 204. The van der Waals surface area contributed by atoms with E-state index in [2.05, 4.69) is 16.7 Å². The van der Waals surface area contributed by atoms with E-state index in [1.54, 1.807) is 0 Å². The highest BCUT2D eigenvalue weighted by molar-refractivity contribution is 4.84. The van der Waals surface area contributed by atoms with Crippen LogP contribution in [-0.4, -0.2) is 60.3 Å². The minimum Gasteiger partial charge on any atom is -0.395 e. The van der Waals surface area contributed by atoms with Gasteiger partial charge in [-0.25, -0.2) is 0 Å². The highest BCUT2D eigenvalue weighted by atomic mass is 16.3. The van der Waals surface area contributed by atoms with Crippen molar-refractivity contribution in [1.29, 1.82) is 0 Å². The van der Waals surface area contributed by atoms with Gasteiger partial charge >= 0.3 is 0 Å². The van der Waals surface area contributed by atoms with Crippen LogP contribution in [0.25, 0.3) is 0 Å². The molecule has 1 N–H and O–H groups in total. The second-order valence-electron chi connectivity index (χ2n) is 5.45. The molecule has 0 radical (unpaired) electrons. The maximum atomic E-state index is 9.37. The average Bonchev–Trinajstić information content (AvgIpc) is 2.89. The molecule has 3 heteroatoms. The number of hydrogen-bond acceptors (Lipinski definition) is 3. The summed E-state index contributed by atoms with van der Waals surface area (Å²) < 4.78 is 0. The molecule has 2 fully saturated rings. The minimum atomic E-state index is 0.338. The molecule has 2 aliphatic rings. The molecule has 0 aliphatic carbocycles. The van der Waals surface area contributed by atoms with Crippen molar-refractivity contribution in [1.82, 2.24) is 9.80 Å². The predicted molar refractivity (Wildman–Crippen MR) is 66.5 cm³/mol. The van der Waals surface area contributed by atoms with Gasteiger partial charge in [0.2, 0.25) is 0 Å². The number of aliphatic hydroxyl groups excluding tert-OH is 1. The molecule has 2 rings (SSSR count). The van der Waals surface area contributed by atoms with Crippen LogP contribution in [0.4, 0.5) is 0 Å². The summed E-state index contributed by atoms with van der Waals surface area (Å²) in [5.41, 5.74) is 0. The Morgan fingerprint density at radius 3 is 2.56 bits per heavy atom. The van der Waals surface area contributed by atoms with Crippen LogP contribution in [0.1, 0.15) is 32.6 Å². The molecular weight excluding hydrogens is 200 g/mol. The average molecular weight is 226 g/mol. The fourth-order valence-electron chi connectivity index (χ4n) is 3.16. The number of aliphatic hydroxyl groups is 1. The zero-order valence-corrected chi connectivity index (χ0v) is 10.6. The third-order valence-electron chi connectivity index (χ3n) is 4.30. The van der Waals surface area contributed by atoms with Gasteiger partial charge in [0.15, 0.2) is 0 Å². The van der Waals surface area contributed by atoms with Gasteiger partial charge in [0.25, 0.3) is 0 Å². The maximum Gasteiger partial charge on any atom is 0.0589 e. The lowest BCUT2D eigenvalue weighted by Crippen LogP contribution is -2.37. The van der Waals surface area contributed by atoms with E-state index in [0.29, 0.717) is 18.6 Å². The summed E-state index contributed by atoms with van der Waals surface area (Å²) in [4.78, 5) is 5.06. The van der Waals surface area contributed by atoms with E-state index in [-0.39, 0.29) is 0 Å². The Morgan fingerprint density at radius 2 is 1.88 bits per heavy atom. The van der Waals surface area contributed by atoms with Gasteiger partial charge in [0.1, 0.15) is 0 Å². The van der Waals surface area contributed by atoms with E-state index in [1.165, 1.54) is 58.4 Å². The molecule has 2 heterocycles. The lowest BCUT2D eigenvalue weighted by atomic mass is 10.0. The normalized spacial score (nSPS) is 32.6. The summed E-state index contributed by atoms with van der Waals surface area (Å²) in [5, 5.41) is 9.37. The Balaban J connectivity index is 1.65. The van der Waals surface area contributed by atoms with E-state index in [0.717, 1.165) is 0 Å². The fourth-order valence-corrected chi connectivity index (χ4v) is 3.16. The lowest BCUT2D eigenvalue weighted by Gasteiger charge is -2.25. The summed E-state index contributed by atoms with van der Waals surface area (Å²) in [6.45, 7) is 8.83. The topological polar surface area (TPSA) is 26.7 Å². The number of rotatable bonds is 5. The van der Waals surface area contributed by atoms with Crippen molar-refractivity contribution >= 4 is 0 Å². The molecule has 2 saturated heterocycles. The maximum absolute atomic E-state index is 9.37. The first-order valence-electron chi connectivity index (χ1n) is 6.88. The molecule has 0 saturated carbocycles. The predicted octanol–water partition coefficient (Wildman–Crippen LogP) is 1.18. The molecule has 0 bridgehead atoms. The third kappa shape index (κ3) is 2.96. The van der Waals surface area contributed by atoms with Gasteiger partial charge < -0.3 is 10.0 Å². The molecule has 0 amide bonds. The minimum absolute atomic E-state index is 0.338. The summed E-state index contributed by atoms with van der Waals surface area (Å²) in [6.07, 6.45) is 5.30. The zero-order valence-electron chi connectivity index (χ0n) is 10.6. The van der Waals surface area contributed by atoms with E-state index >= 15 is 0 Å². The first kappa shape index (κ1) is 12.3. The molecule has 2 atom stereocenters. The van der Waals surface area contributed by atoms with Crippen LogP contribution in [0.15, 0.2) is 0 Å². The van der Waals surface area contributed by atoms with Gasteiger partial charge in [0.05, 0.1) is 6.61 Å². The standard InChI is InChI=1S/C13H26N2O/c1-12-5-10-15(13(12)11-16)9-4-8-14-6-2-3-7-14/h12-13,16H,2-11H2,1H3. The smallest absolute Gasteiger partial charge is 0.0589 e. The first-order chi connectivity index (χ1) is 7.81. The molecule has 0 aromatic carbocycles. The monoisotopic (exact) mass is 226 g/mol. The summed E-state index contributed by atoms with van der Waals surface area (Å²) in [7, 11) is 0.